The zero-order chi connectivity index (χ0) is 10.8. The summed E-state index contributed by atoms with van der Waals surface area (Å²) in [5, 5.41) is 3.34. The van der Waals surface area contributed by atoms with Crippen LogP contribution in [0.2, 0.25) is 0 Å². The molecule has 1 rings (SSSR count). The van der Waals surface area contributed by atoms with E-state index in [1.807, 2.05) is 0 Å². The van der Waals surface area contributed by atoms with Crippen LogP contribution in [0.15, 0.2) is 0 Å². The molecule has 0 aliphatic carbocycles. The fourth-order valence-electron chi connectivity index (χ4n) is 1.62. The van der Waals surface area contributed by atoms with Gasteiger partial charge in [0, 0.05) is 40.0 Å². The number of ether oxygens (including phenoxy) is 3. The highest BCUT2D eigenvalue weighted by atomic mass is 16.5. The average Bonchev–Trinajstić information content (AvgIpc) is 2.75. The van der Waals surface area contributed by atoms with Gasteiger partial charge in [0.15, 0.2) is 0 Å². The van der Waals surface area contributed by atoms with Crippen LogP contribution in [0.25, 0.3) is 0 Å². The van der Waals surface area contributed by atoms with Gasteiger partial charge in [-0.2, -0.15) is 0 Å². The summed E-state index contributed by atoms with van der Waals surface area (Å²) in [5.41, 5.74) is 0. The van der Waals surface area contributed by atoms with Gasteiger partial charge in [-0.3, -0.25) is 0 Å². The lowest BCUT2D eigenvalue weighted by Gasteiger charge is -2.10. The van der Waals surface area contributed by atoms with Crippen LogP contribution in [0.3, 0.4) is 0 Å². The van der Waals surface area contributed by atoms with Crippen LogP contribution in [-0.4, -0.2) is 52.7 Å². The predicted molar refractivity (Wildman–Crippen MR) is 59.2 cm³/mol. The van der Waals surface area contributed by atoms with Gasteiger partial charge >= 0.3 is 0 Å². The first kappa shape index (κ1) is 12.9. The Hall–Kier alpha value is -0.160. The second kappa shape index (κ2) is 9.09. The molecule has 90 valence electrons. The smallest absolute Gasteiger partial charge is 0.0700 e. The van der Waals surface area contributed by atoms with Crippen LogP contribution in [0, 0.1) is 0 Å². The second-order valence-electron chi connectivity index (χ2n) is 3.80. The van der Waals surface area contributed by atoms with Crippen molar-refractivity contribution < 1.29 is 14.2 Å². The van der Waals surface area contributed by atoms with E-state index in [1.165, 1.54) is 12.8 Å². The Kier molecular flexibility index (Phi) is 7.83. The summed E-state index contributed by atoms with van der Waals surface area (Å²) in [5.74, 6) is 0. The Bertz CT molecular complexity index is 138. The number of methoxy groups -OCH3 is 1. The lowest BCUT2D eigenvalue weighted by Crippen LogP contribution is -2.29. The standard InChI is InChI=1S/C11H23NO3/c1-13-6-3-7-14-9-5-12-10-11-4-2-8-15-11/h11-12H,2-10H2,1H3. The van der Waals surface area contributed by atoms with Crippen LogP contribution in [0.4, 0.5) is 0 Å². The van der Waals surface area contributed by atoms with Crippen molar-refractivity contribution in [1.29, 1.82) is 0 Å². The minimum absolute atomic E-state index is 0.429. The molecule has 1 unspecified atom stereocenters. The second-order valence-corrected chi connectivity index (χ2v) is 3.80. The van der Waals surface area contributed by atoms with Gasteiger partial charge in [-0.25, -0.2) is 0 Å². The van der Waals surface area contributed by atoms with Crippen molar-refractivity contribution in [3.63, 3.8) is 0 Å². The Morgan fingerprint density at radius 2 is 2.27 bits per heavy atom. The minimum atomic E-state index is 0.429. The van der Waals surface area contributed by atoms with E-state index in [0.717, 1.165) is 45.9 Å². The molecule has 1 heterocycles. The Morgan fingerprint density at radius 1 is 1.33 bits per heavy atom. The molecule has 4 heteroatoms. The molecule has 1 saturated heterocycles. The van der Waals surface area contributed by atoms with Crippen molar-refractivity contribution in [2.24, 2.45) is 0 Å². The van der Waals surface area contributed by atoms with Crippen molar-refractivity contribution in [2.75, 3.05) is 46.6 Å². The van der Waals surface area contributed by atoms with E-state index in [4.69, 9.17) is 14.2 Å². The van der Waals surface area contributed by atoms with Gasteiger partial charge in [0.1, 0.15) is 0 Å². The Morgan fingerprint density at radius 3 is 3.00 bits per heavy atom. The topological polar surface area (TPSA) is 39.7 Å². The van der Waals surface area contributed by atoms with E-state index in [1.54, 1.807) is 7.11 Å². The molecule has 0 radical (unpaired) electrons. The molecule has 1 atom stereocenters. The molecule has 4 nitrogen and oxygen atoms in total. The van der Waals surface area contributed by atoms with E-state index in [2.05, 4.69) is 5.32 Å². The maximum Gasteiger partial charge on any atom is 0.0700 e. The molecule has 0 saturated carbocycles. The molecular formula is C11H23NO3. The van der Waals surface area contributed by atoms with E-state index in [0.29, 0.717) is 6.10 Å². The molecule has 15 heavy (non-hydrogen) atoms. The summed E-state index contributed by atoms with van der Waals surface area (Å²) in [4.78, 5) is 0. The largest absolute Gasteiger partial charge is 0.385 e. The molecule has 1 fully saturated rings. The molecule has 1 aliphatic heterocycles. The van der Waals surface area contributed by atoms with E-state index in [-0.39, 0.29) is 0 Å². The summed E-state index contributed by atoms with van der Waals surface area (Å²) in [6, 6.07) is 0. The fourth-order valence-corrected chi connectivity index (χ4v) is 1.62. The van der Waals surface area contributed by atoms with Gasteiger partial charge in [0.2, 0.25) is 0 Å². The SMILES string of the molecule is COCCCOCCNCC1CCCO1. The highest BCUT2D eigenvalue weighted by Gasteiger charge is 2.13. The lowest BCUT2D eigenvalue weighted by molar-refractivity contribution is 0.0930. The molecule has 0 amide bonds. The molecule has 0 aromatic rings. The first-order chi connectivity index (χ1) is 7.43. The molecular weight excluding hydrogens is 194 g/mol. The third-order valence-corrected chi connectivity index (χ3v) is 2.46. The zero-order valence-electron chi connectivity index (χ0n) is 9.67. The highest BCUT2D eigenvalue weighted by Crippen LogP contribution is 2.10. The number of hydrogen-bond acceptors (Lipinski definition) is 4. The van der Waals surface area contributed by atoms with Crippen molar-refractivity contribution in [2.45, 2.75) is 25.4 Å². The molecule has 0 bridgehead atoms. The summed E-state index contributed by atoms with van der Waals surface area (Å²) in [6.45, 7) is 5.14. The molecule has 0 spiro atoms. The van der Waals surface area contributed by atoms with E-state index in [9.17, 15) is 0 Å². The van der Waals surface area contributed by atoms with E-state index >= 15 is 0 Å². The quantitative estimate of drug-likeness (QED) is 0.580. The third-order valence-electron chi connectivity index (χ3n) is 2.46. The van der Waals surface area contributed by atoms with Crippen molar-refractivity contribution >= 4 is 0 Å². The van der Waals surface area contributed by atoms with Crippen molar-refractivity contribution in [1.82, 2.24) is 5.32 Å². The minimum Gasteiger partial charge on any atom is -0.385 e. The average molecular weight is 217 g/mol. The number of hydrogen-bond donors (Lipinski definition) is 1. The summed E-state index contributed by atoms with van der Waals surface area (Å²) < 4.78 is 15.8. The van der Waals surface area contributed by atoms with Crippen molar-refractivity contribution in [3.05, 3.63) is 0 Å². The first-order valence-corrected chi connectivity index (χ1v) is 5.82. The van der Waals surface area contributed by atoms with Gasteiger partial charge in [-0.15, -0.1) is 0 Å². The fraction of sp³-hybridized carbons (Fsp3) is 1.00. The molecule has 0 aromatic carbocycles. The maximum atomic E-state index is 5.49. The van der Waals surface area contributed by atoms with Gasteiger partial charge in [0.25, 0.3) is 0 Å². The van der Waals surface area contributed by atoms with E-state index < -0.39 is 0 Å². The summed E-state index contributed by atoms with van der Waals surface area (Å²) in [7, 11) is 1.71. The lowest BCUT2D eigenvalue weighted by atomic mass is 10.2. The van der Waals surface area contributed by atoms with Crippen LogP contribution in [-0.2, 0) is 14.2 Å². The third kappa shape index (κ3) is 6.84. The van der Waals surface area contributed by atoms with Gasteiger partial charge in [0.05, 0.1) is 12.7 Å². The monoisotopic (exact) mass is 217 g/mol. The van der Waals surface area contributed by atoms with Gasteiger partial charge < -0.3 is 19.5 Å². The molecule has 1 aliphatic rings. The summed E-state index contributed by atoms with van der Waals surface area (Å²) >= 11 is 0. The van der Waals surface area contributed by atoms with Crippen molar-refractivity contribution in [3.8, 4) is 0 Å². The van der Waals surface area contributed by atoms with Gasteiger partial charge in [-0.1, -0.05) is 0 Å². The molecule has 1 N–H and O–H groups in total. The predicted octanol–water partition coefficient (Wildman–Crippen LogP) is 0.808. The number of nitrogens with one attached hydrogen (secondary N) is 1. The first-order valence-electron chi connectivity index (χ1n) is 5.82. The summed E-state index contributed by atoms with van der Waals surface area (Å²) in [6.07, 6.45) is 3.81. The molecule has 0 aromatic heterocycles. The zero-order valence-corrected chi connectivity index (χ0v) is 9.67. The number of rotatable bonds is 9. The normalized spacial score (nSPS) is 21.0. The van der Waals surface area contributed by atoms with Gasteiger partial charge in [-0.05, 0) is 19.3 Å². The van der Waals surface area contributed by atoms with Crippen LogP contribution in [0.1, 0.15) is 19.3 Å². The Balaban J connectivity index is 1.73. The Labute approximate surface area is 92.3 Å². The van der Waals surface area contributed by atoms with Crippen LogP contribution in [0.5, 0.6) is 0 Å². The van der Waals surface area contributed by atoms with Crippen LogP contribution >= 0.6 is 0 Å². The van der Waals surface area contributed by atoms with Crippen LogP contribution < -0.4 is 5.32 Å². The maximum absolute atomic E-state index is 5.49. The highest BCUT2D eigenvalue weighted by molar-refractivity contribution is 4.66.